The largest absolute Gasteiger partial charge is 0.352 e. The van der Waals surface area contributed by atoms with Crippen molar-refractivity contribution in [1.29, 1.82) is 0 Å². The van der Waals surface area contributed by atoms with Crippen molar-refractivity contribution in [3.8, 4) is 0 Å². The number of hydrogen-bond acceptors (Lipinski definition) is 3. The standard InChI is InChI=1S/C23H34N6.HI/c1-24-23(27-21-11-13-28(18-21)16-19-9-5-6-10-19)26-15-22-25-12-14-29(22)17-20-7-3-2-4-8-20;/h2-4,7-8,12,14,19,21H,5-6,9-11,13,15-18H2,1H3,(H2,24,26,27);1H. The van der Waals surface area contributed by atoms with E-state index in [-0.39, 0.29) is 24.0 Å². The molecule has 1 aliphatic carbocycles. The number of aliphatic imine (C=N–C) groups is 1. The van der Waals surface area contributed by atoms with Gasteiger partial charge in [0.05, 0.1) is 6.54 Å². The highest BCUT2D eigenvalue weighted by Crippen LogP contribution is 2.26. The van der Waals surface area contributed by atoms with Crippen LogP contribution < -0.4 is 10.6 Å². The maximum atomic E-state index is 4.53. The van der Waals surface area contributed by atoms with Gasteiger partial charge in [-0.1, -0.05) is 43.2 Å². The van der Waals surface area contributed by atoms with Crippen molar-refractivity contribution in [3.63, 3.8) is 0 Å². The molecule has 0 bridgehead atoms. The SMILES string of the molecule is CN=C(NCc1nccn1Cc1ccccc1)NC1CCN(CC2CCCC2)C1.I. The molecule has 2 heterocycles. The molecule has 2 aliphatic rings. The lowest BCUT2D eigenvalue weighted by Gasteiger charge is -2.21. The van der Waals surface area contributed by atoms with Crippen LogP contribution in [0.4, 0.5) is 0 Å². The Morgan fingerprint density at radius 1 is 1.17 bits per heavy atom. The molecule has 2 aromatic rings. The predicted molar refractivity (Wildman–Crippen MR) is 133 cm³/mol. The Morgan fingerprint density at radius 2 is 1.97 bits per heavy atom. The van der Waals surface area contributed by atoms with E-state index >= 15 is 0 Å². The first-order chi connectivity index (χ1) is 14.3. The van der Waals surface area contributed by atoms with Crippen LogP contribution in [0.2, 0.25) is 0 Å². The molecule has 0 spiro atoms. The van der Waals surface area contributed by atoms with Crippen molar-refractivity contribution in [3.05, 3.63) is 54.1 Å². The molecule has 2 fully saturated rings. The second kappa shape index (κ2) is 11.7. The molecule has 30 heavy (non-hydrogen) atoms. The summed E-state index contributed by atoms with van der Waals surface area (Å²) in [6, 6.07) is 11.0. The maximum Gasteiger partial charge on any atom is 0.191 e. The monoisotopic (exact) mass is 522 g/mol. The van der Waals surface area contributed by atoms with E-state index in [2.05, 4.69) is 54.3 Å². The minimum absolute atomic E-state index is 0. The Kier molecular flexibility index (Phi) is 8.99. The van der Waals surface area contributed by atoms with Gasteiger partial charge in [-0.2, -0.15) is 0 Å². The summed E-state index contributed by atoms with van der Waals surface area (Å²) in [6.45, 7) is 5.11. The normalized spacial score (nSPS) is 20.3. The van der Waals surface area contributed by atoms with Gasteiger partial charge >= 0.3 is 0 Å². The first-order valence-electron chi connectivity index (χ1n) is 11.0. The Morgan fingerprint density at radius 3 is 2.73 bits per heavy atom. The lowest BCUT2D eigenvalue weighted by atomic mass is 10.1. The molecule has 1 unspecified atom stereocenters. The average Bonchev–Trinajstić information content (AvgIpc) is 3.50. The second-order valence-corrected chi connectivity index (χ2v) is 8.42. The lowest BCUT2D eigenvalue weighted by molar-refractivity contribution is 0.275. The molecular weight excluding hydrogens is 487 g/mol. The molecule has 4 rings (SSSR count). The van der Waals surface area contributed by atoms with Crippen molar-refractivity contribution in [2.45, 2.75) is 51.2 Å². The maximum absolute atomic E-state index is 4.53. The number of rotatable bonds is 7. The third kappa shape index (κ3) is 6.44. The molecule has 1 aromatic heterocycles. The molecule has 2 N–H and O–H groups in total. The fraction of sp³-hybridized carbons (Fsp3) is 0.565. The molecule has 1 saturated heterocycles. The number of likely N-dealkylation sites (tertiary alicyclic amines) is 1. The van der Waals surface area contributed by atoms with Crippen LogP contribution in [0.25, 0.3) is 0 Å². The molecule has 0 amide bonds. The zero-order chi connectivity index (χ0) is 19.9. The van der Waals surface area contributed by atoms with Crippen molar-refractivity contribution >= 4 is 29.9 Å². The van der Waals surface area contributed by atoms with Crippen LogP contribution in [-0.2, 0) is 13.1 Å². The van der Waals surface area contributed by atoms with Gasteiger partial charge in [-0.3, -0.25) is 4.99 Å². The summed E-state index contributed by atoms with van der Waals surface area (Å²) in [6.07, 6.45) is 10.8. The van der Waals surface area contributed by atoms with E-state index in [0.717, 1.165) is 30.8 Å². The lowest BCUT2D eigenvalue weighted by Crippen LogP contribution is -2.44. The molecule has 7 heteroatoms. The Hall–Kier alpha value is -1.61. The van der Waals surface area contributed by atoms with Gasteiger partial charge in [-0.25, -0.2) is 4.98 Å². The van der Waals surface area contributed by atoms with Crippen molar-refractivity contribution < 1.29 is 0 Å². The van der Waals surface area contributed by atoms with Crippen molar-refractivity contribution in [1.82, 2.24) is 25.1 Å². The van der Waals surface area contributed by atoms with Crippen LogP contribution in [0.15, 0.2) is 47.7 Å². The van der Waals surface area contributed by atoms with Crippen LogP contribution in [0, 0.1) is 5.92 Å². The van der Waals surface area contributed by atoms with Gasteiger partial charge in [0.15, 0.2) is 5.96 Å². The van der Waals surface area contributed by atoms with E-state index in [1.165, 1.54) is 50.8 Å². The van der Waals surface area contributed by atoms with E-state index in [4.69, 9.17) is 0 Å². The summed E-state index contributed by atoms with van der Waals surface area (Å²) in [5.74, 6) is 2.81. The van der Waals surface area contributed by atoms with Gasteiger partial charge in [-0.15, -0.1) is 24.0 Å². The molecule has 1 atom stereocenters. The average molecular weight is 522 g/mol. The quantitative estimate of drug-likeness (QED) is 0.332. The van der Waals surface area contributed by atoms with Gasteiger partial charge in [0.25, 0.3) is 0 Å². The van der Waals surface area contributed by atoms with E-state index < -0.39 is 0 Å². The number of nitrogens with zero attached hydrogens (tertiary/aromatic N) is 4. The Bertz CT molecular complexity index is 784. The number of imidazole rings is 1. The molecular formula is C23H35IN6. The third-order valence-corrected chi connectivity index (χ3v) is 6.24. The van der Waals surface area contributed by atoms with Gasteiger partial charge in [-0.05, 0) is 30.7 Å². The predicted octanol–water partition coefficient (Wildman–Crippen LogP) is 3.48. The molecule has 164 valence electrons. The smallest absolute Gasteiger partial charge is 0.191 e. The summed E-state index contributed by atoms with van der Waals surface area (Å²) >= 11 is 0. The number of aromatic nitrogens is 2. The van der Waals surface area contributed by atoms with Gasteiger partial charge in [0, 0.05) is 51.7 Å². The second-order valence-electron chi connectivity index (χ2n) is 8.42. The fourth-order valence-electron chi connectivity index (χ4n) is 4.66. The summed E-state index contributed by atoms with van der Waals surface area (Å²) in [7, 11) is 1.84. The molecule has 1 aromatic carbocycles. The number of nitrogens with one attached hydrogen (secondary N) is 2. The van der Waals surface area contributed by atoms with Crippen molar-refractivity contribution in [2.75, 3.05) is 26.7 Å². The number of hydrogen-bond donors (Lipinski definition) is 2. The number of halogens is 1. The first-order valence-corrected chi connectivity index (χ1v) is 11.0. The highest BCUT2D eigenvalue weighted by Gasteiger charge is 2.26. The van der Waals surface area contributed by atoms with Crippen LogP contribution in [0.3, 0.4) is 0 Å². The summed E-state index contributed by atoms with van der Waals surface area (Å²) in [5.41, 5.74) is 1.28. The van der Waals surface area contributed by atoms with Crippen LogP contribution in [0.5, 0.6) is 0 Å². The fourth-order valence-corrected chi connectivity index (χ4v) is 4.66. The van der Waals surface area contributed by atoms with Gasteiger partial charge < -0.3 is 20.1 Å². The molecule has 6 nitrogen and oxygen atoms in total. The Balaban J connectivity index is 0.00000256. The first kappa shape index (κ1) is 23.1. The summed E-state index contributed by atoms with van der Waals surface area (Å²) < 4.78 is 2.19. The number of guanidine groups is 1. The summed E-state index contributed by atoms with van der Waals surface area (Å²) in [4.78, 5) is 11.6. The zero-order valence-corrected chi connectivity index (χ0v) is 20.3. The minimum atomic E-state index is 0. The number of benzene rings is 1. The topological polar surface area (TPSA) is 57.5 Å². The van der Waals surface area contributed by atoms with Gasteiger partial charge in [0.1, 0.15) is 5.82 Å². The van der Waals surface area contributed by atoms with E-state index in [1.54, 1.807) is 0 Å². The van der Waals surface area contributed by atoms with Crippen LogP contribution in [0.1, 0.15) is 43.5 Å². The minimum Gasteiger partial charge on any atom is -0.352 e. The highest BCUT2D eigenvalue weighted by molar-refractivity contribution is 14.0. The van der Waals surface area contributed by atoms with Crippen LogP contribution in [-0.4, -0.2) is 53.1 Å². The Labute approximate surface area is 197 Å². The highest BCUT2D eigenvalue weighted by atomic mass is 127. The van der Waals surface area contributed by atoms with E-state index in [0.29, 0.717) is 12.6 Å². The van der Waals surface area contributed by atoms with Gasteiger partial charge in [0.2, 0.25) is 0 Å². The van der Waals surface area contributed by atoms with E-state index in [1.807, 2.05) is 25.5 Å². The zero-order valence-electron chi connectivity index (χ0n) is 18.0. The van der Waals surface area contributed by atoms with Crippen molar-refractivity contribution in [2.24, 2.45) is 10.9 Å². The van der Waals surface area contributed by atoms with E-state index in [9.17, 15) is 0 Å². The molecule has 1 aliphatic heterocycles. The summed E-state index contributed by atoms with van der Waals surface area (Å²) in [5, 5.41) is 7.06. The molecule has 0 radical (unpaired) electrons. The third-order valence-electron chi connectivity index (χ3n) is 6.24. The molecule has 1 saturated carbocycles. The van der Waals surface area contributed by atoms with Crippen LogP contribution >= 0.6 is 24.0 Å².